The quantitative estimate of drug-likeness (QED) is 0.697. The molecule has 1 atom stereocenters. The molecule has 8 nitrogen and oxygen atoms in total. The number of ether oxygens (including phenoxy) is 2. The molecule has 21 heavy (non-hydrogen) atoms. The number of carbonyl (C=O) groups is 1. The second-order valence-corrected chi connectivity index (χ2v) is 6.38. The number of methoxy groups -OCH3 is 1. The van der Waals surface area contributed by atoms with E-state index in [9.17, 15) is 13.2 Å². The zero-order valence-corrected chi connectivity index (χ0v) is 12.3. The molecule has 0 radical (unpaired) electrons. The average molecular weight is 315 g/mol. The number of hydrogen-bond donors (Lipinski definition) is 2. The van der Waals surface area contributed by atoms with Gasteiger partial charge in [-0.05, 0) is 18.2 Å². The molecule has 0 spiro atoms. The Morgan fingerprint density at radius 1 is 1.48 bits per heavy atom. The summed E-state index contributed by atoms with van der Waals surface area (Å²) in [6, 6.07) is 3.24. The van der Waals surface area contributed by atoms with Crippen molar-refractivity contribution < 1.29 is 22.7 Å². The van der Waals surface area contributed by atoms with Gasteiger partial charge in [0.25, 0.3) is 0 Å². The molecule has 1 aromatic rings. The van der Waals surface area contributed by atoms with Gasteiger partial charge in [0.15, 0.2) is 0 Å². The molecule has 2 rings (SSSR count). The maximum atomic E-state index is 12.8. The number of nitrogens with two attached hydrogens (primary N) is 2. The van der Waals surface area contributed by atoms with E-state index in [1.807, 2.05) is 0 Å². The number of amides is 1. The fraction of sp³-hybridized carbons (Fsp3) is 0.417. The van der Waals surface area contributed by atoms with E-state index in [2.05, 4.69) is 0 Å². The van der Waals surface area contributed by atoms with Crippen LogP contribution >= 0.6 is 0 Å². The molecule has 1 aromatic carbocycles. The Morgan fingerprint density at radius 3 is 2.81 bits per heavy atom. The zero-order chi connectivity index (χ0) is 15.6. The molecule has 0 aromatic heterocycles. The minimum atomic E-state index is -3.97. The fourth-order valence-corrected chi connectivity index (χ4v) is 3.88. The Balaban J connectivity index is 2.50. The summed E-state index contributed by atoms with van der Waals surface area (Å²) >= 11 is 0. The van der Waals surface area contributed by atoms with E-state index in [0.29, 0.717) is 0 Å². The molecule has 1 unspecified atom stereocenters. The van der Waals surface area contributed by atoms with Gasteiger partial charge in [0.05, 0.1) is 20.3 Å². The number of benzene rings is 1. The van der Waals surface area contributed by atoms with Crippen molar-refractivity contribution >= 4 is 21.6 Å². The molecule has 0 aliphatic carbocycles. The van der Waals surface area contributed by atoms with E-state index in [-0.39, 0.29) is 36.1 Å². The molecule has 1 heterocycles. The first-order valence-corrected chi connectivity index (χ1v) is 7.64. The van der Waals surface area contributed by atoms with Crippen LogP contribution in [-0.2, 0) is 19.6 Å². The number of primary amides is 1. The fourth-order valence-electron chi connectivity index (χ4n) is 2.12. The first kappa shape index (κ1) is 15.5. The highest BCUT2D eigenvalue weighted by molar-refractivity contribution is 7.89. The van der Waals surface area contributed by atoms with Crippen LogP contribution in [0.1, 0.15) is 0 Å². The second kappa shape index (κ2) is 5.88. The predicted octanol–water partition coefficient (Wildman–Crippen LogP) is -0.848. The number of sulfonamides is 1. The van der Waals surface area contributed by atoms with Crippen molar-refractivity contribution in [3.63, 3.8) is 0 Å². The summed E-state index contributed by atoms with van der Waals surface area (Å²) < 4.78 is 36.7. The SMILES string of the molecule is COc1ccc(N)cc1S(=O)(=O)N1CCOCC1C(N)=O. The zero-order valence-electron chi connectivity index (χ0n) is 11.5. The number of morpholine rings is 1. The number of nitrogen functional groups attached to an aromatic ring is 1. The summed E-state index contributed by atoms with van der Waals surface area (Å²) in [5, 5.41) is 0. The van der Waals surface area contributed by atoms with Crippen molar-refractivity contribution in [2.75, 3.05) is 32.6 Å². The third kappa shape index (κ3) is 2.94. The third-order valence-electron chi connectivity index (χ3n) is 3.18. The molecule has 1 amide bonds. The van der Waals surface area contributed by atoms with Gasteiger partial charge in [0.2, 0.25) is 15.9 Å². The van der Waals surface area contributed by atoms with Gasteiger partial charge in [-0.15, -0.1) is 0 Å². The predicted molar refractivity (Wildman–Crippen MR) is 75.1 cm³/mol. The largest absolute Gasteiger partial charge is 0.495 e. The molecular weight excluding hydrogens is 298 g/mol. The van der Waals surface area contributed by atoms with E-state index in [1.165, 1.54) is 25.3 Å². The van der Waals surface area contributed by atoms with Gasteiger partial charge in [0, 0.05) is 12.2 Å². The van der Waals surface area contributed by atoms with Crippen LogP contribution in [0.2, 0.25) is 0 Å². The van der Waals surface area contributed by atoms with E-state index in [0.717, 1.165) is 4.31 Å². The lowest BCUT2D eigenvalue weighted by molar-refractivity contribution is -0.125. The maximum absolute atomic E-state index is 12.8. The Hall–Kier alpha value is -1.84. The van der Waals surface area contributed by atoms with Crippen molar-refractivity contribution in [3.05, 3.63) is 18.2 Å². The van der Waals surface area contributed by atoms with Crippen molar-refractivity contribution in [2.45, 2.75) is 10.9 Å². The maximum Gasteiger partial charge on any atom is 0.247 e. The molecule has 0 bridgehead atoms. The lowest BCUT2D eigenvalue weighted by Crippen LogP contribution is -2.54. The summed E-state index contributed by atoms with van der Waals surface area (Å²) in [7, 11) is -2.62. The van der Waals surface area contributed by atoms with Crippen LogP contribution in [0.3, 0.4) is 0 Å². The van der Waals surface area contributed by atoms with Gasteiger partial charge < -0.3 is 20.9 Å². The Morgan fingerprint density at radius 2 is 2.19 bits per heavy atom. The van der Waals surface area contributed by atoms with E-state index >= 15 is 0 Å². The van der Waals surface area contributed by atoms with Crippen molar-refractivity contribution in [1.29, 1.82) is 0 Å². The van der Waals surface area contributed by atoms with Gasteiger partial charge >= 0.3 is 0 Å². The number of hydrogen-bond acceptors (Lipinski definition) is 6. The molecule has 4 N–H and O–H groups in total. The van der Waals surface area contributed by atoms with Gasteiger partial charge in [-0.3, -0.25) is 4.79 Å². The summed E-state index contributed by atoms with van der Waals surface area (Å²) in [4.78, 5) is 11.3. The second-order valence-electron chi connectivity index (χ2n) is 4.52. The highest BCUT2D eigenvalue weighted by Gasteiger charge is 2.38. The Kier molecular flexibility index (Phi) is 4.35. The first-order valence-electron chi connectivity index (χ1n) is 6.20. The van der Waals surface area contributed by atoms with Crippen molar-refractivity contribution in [1.82, 2.24) is 4.31 Å². The third-order valence-corrected chi connectivity index (χ3v) is 5.11. The van der Waals surface area contributed by atoms with E-state index in [1.54, 1.807) is 0 Å². The van der Waals surface area contributed by atoms with Gasteiger partial charge in [-0.2, -0.15) is 4.31 Å². The summed E-state index contributed by atoms with van der Waals surface area (Å²) in [5.74, 6) is -0.611. The highest BCUT2D eigenvalue weighted by atomic mass is 32.2. The van der Waals surface area contributed by atoms with Gasteiger partial charge in [-0.1, -0.05) is 0 Å². The highest BCUT2D eigenvalue weighted by Crippen LogP contribution is 2.30. The standard InChI is InChI=1S/C12H17N3O5S/c1-19-10-3-2-8(13)6-11(10)21(17,18)15-4-5-20-7-9(15)12(14)16/h2-3,6,9H,4-5,7,13H2,1H3,(H2,14,16). The molecule has 1 saturated heterocycles. The van der Waals surface area contributed by atoms with E-state index < -0.39 is 22.0 Å². The number of rotatable bonds is 4. The topological polar surface area (TPSA) is 125 Å². The first-order chi connectivity index (χ1) is 9.87. The van der Waals surface area contributed by atoms with Crippen LogP contribution in [0.4, 0.5) is 5.69 Å². The summed E-state index contributed by atoms with van der Waals surface area (Å²) in [5.41, 5.74) is 11.2. The number of anilines is 1. The van der Waals surface area contributed by atoms with Crippen molar-refractivity contribution in [2.24, 2.45) is 5.73 Å². The molecule has 9 heteroatoms. The van der Waals surface area contributed by atoms with Crippen LogP contribution in [0.15, 0.2) is 23.1 Å². The normalized spacial score (nSPS) is 20.1. The molecule has 1 aliphatic rings. The molecule has 1 aliphatic heterocycles. The number of carbonyl (C=O) groups excluding carboxylic acids is 1. The number of nitrogens with zero attached hydrogens (tertiary/aromatic N) is 1. The lowest BCUT2D eigenvalue weighted by atomic mass is 10.3. The average Bonchev–Trinajstić information content (AvgIpc) is 2.47. The Labute approximate surface area is 122 Å². The van der Waals surface area contributed by atoms with Crippen LogP contribution < -0.4 is 16.2 Å². The molecular formula is C12H17N3O5S. The minimum Gasteiger partial charge on any atom is -0.495 e. The monoisotopic (exact) mass is 315 g/mol. The summed E-state index contributed by atoms with van der Waals surface area (Å²) in [6.45, 7) is 0.154. The van der Waals surface area contributed by atoms with Crippen LogP contribution in [0, 0.1) is 0 Å². The molecule has 0 saturated carbocycles. The molecule has 1 fully saturated rings. The Bertz CT molecular complexity index is 646. The van der Waals surface area contributed by atoms with Crippen molar-refractivity contribution in [3.8, 4) is 5.75 Å². The molecule has 116 valence electrons. The van der Waals surface area contributed by atoms with Crippen LogP contribution in [0.25, 0.3) is 0 Å². The smallest absolute Gasteiger partial charge is 0.247 e. The van der Waals surface area contributed by atoms with E-state index in [4.69, 9.17) is 20.9 Å². The van der Waals surface area contributed by atoms with Gasteiger partial charge in [-0.25, -0.2) is 8.42 Å². The minimum absolute atomic E-state index is 0.0356. The van der Waals surface area contributed by atoms with Gasteiger partial charge in [0.1, 0.15) is 16.7 Å². The van der Waals surface area contributed by atoms with Crippen LogP contribution in [-0.4, -0.2) is 51.5 Å². The lowest BCUT2D eigenvalue weighted by Gasteiger charge is -2.32. The summed E-state index contributed by atoms with van der Waals surface area (Å²) in [6.07, 6.45) is 0. The van der Waals surface area contributed by atoms with Crippen LogP contribution in [0.5, 0.6) is 5.75 Å².